The van der Waals surface area contributed by atoms with Gasteiger partial charge in [-0.3, -0.25) is 10.1 Å². The van der Waals surface area contributed by atoms with Crippen LogP contribution in [0.1, 0.15) is 32.3 Å². The van der Waals surface area contributed by atoms with E-state index in [9.17, 15) is 14.9 Å². The lowest BCUT2D eigenvalue weighted by Crippen LogP contribution is -2.18. The number of rotatable bonds is 6. The summed E-state index contributed by atoms with van der Waals surface area (Å²) in [5.41, 5.74) is 6.06. The minimum Gasteiger partial charge on any atom is -0.380 e. The van der Waals surface area contributed by atoms with Gasteiger partial charge in [-0.2, -0.15) is 0 Å². The molecule has 0 radical (unpaired) electrons. The molecule has 0 heterocycles. The van der Waals surface area contributed by atoms with Gasteiger partial charge in [0.2, 0.25) is 0 Å². The van der Waals surface area contributed by atoms with Crippen molar-refractivity contribution in [1.82, 2.24) is 0 Å². The van der Waals surface area contributed by atoms with E-state index in [1.54, 1.807) is 0 Å². The van der Waals surface area contributed by atoms with Crippen molar-refractivity contribution in [1.29, 1.82) is 0 Å². The number of carbonyl (C=O) groups is 1. The van der Waals surface area contributed by atoms with E-state index >= 15 is 0 Å². The number of hydrogen-bond acceptors (Lipinski definition) is 5. The first-order chi connectivity index (χ1) is 9.49. The number of amidine groups is 1. The van der Waals surface area contributed by atoms with Crippen molar-refractivity contribution in [2.45, 2.75) is 26.7 Å². The average molecular weight is 279 g/mol. The molecule has 0 spiro atoms. The first-order valence-corrected chi connectivity index (χ1v) is 6.28. The minimum absolute atomic E-state index is 0.000737. The summed E-state index contributed by atoms with van der Waals surface area (Å²) < 4.78 is 0. The van der Waals surface area contributed by atoms with Crippen LogP contribution in [0.3, 0.4) is 0 Å². The molecule has 0 saturated heterocycles. The molecule has 0 aliphatic rings. The fourth-order valence-corrected chi connectivity index (χ4v) is 1.60. The maximum absolute atomic E-state index is 11.6. The maximum atomic E-state index is 11.6. The standard InChI is InChI=1S/C13H17N3O4/c1-3-9(4-2)13(17)20-15-12(14)10-5-7-11(8-6-10)16(18)19/h5-9H,3-4H2,1-2H3,(H2,14,15). The number of hydrogen-bond donors (Lipinski definition) is 1. The number of benzene rings is 1. The molecule has 1 rings (SSSR count). The molecule has 20 heavy (non-hydrogen) atoms. The van der Waals surface area contributed by atoms with Gasteiger partial charge in [0, 0.05) is 17.7 Å². The molecule has 7 heteroatoms. The highest BCUT2D eigenvalue weighted by Crippen LogP contribution is 2.13. The SMILES string of the molecule is CCC(CC)C(=O)O/N=C(\N)c1ccc([N+](=O)[O-])cc1. The zero-order valence-electron chi connectivity index (χ0n) is 11.4. The molecular formula is C13H17N3O4. The summed E-state index contributed by atoms with van der Waals surface area (Å²) in [7, 11) is 0. The van der Waals surface area contributed by atoms with Gasteiger partial charge < -0.3 is 10.6 Å². The molecule has 0 saturated carbocycles. The Morgan fingerprint density at radius 2 is 1.90 bits per heavy atom. The zero-order valence-corrected chi connectivity index (χ0v) is 11.4. The Morgan fingerprint density at radius 1 is 1.35 bits per heavy atom. The van der Waals surface area contributed by atoms with E-state index in [2.05, 4.69) is 5.16 Å². The van der Waals surface area contributed by atoms with Gasteiger partial charge in [-0.1, -0.05) is 19.0 Å². The molecule has 1 aromatic rings. The molecule has 0 bridgehead atoms. The summed E-state index contributed by atoms with van der Waals surface area (Å²) in [6.45, 7) is 3.78. The van der Waals surface area contributed by atoms with Gasteiger partial charge >= 0.3 is 5.97 Å². The topological polar surface area (TPSA) is 108 Å². The predicted molar refractivity (Wildman–Crippen MR) is 74.0 cm³/mol. The molecular weight excluding hydrogens is 262 g/mol. The van der Waals surface area contributed by atoms with Gasteiger partial charge in [0.05, 0.1) is 10.8 Å². The van der Waals surface area contributed by atoms with Crippen LogP contribution < -0.4 is 5.73 Å². The van der Waals surface area contributed by atoms with Crippen molar-refractivity contribution in [2.24, 2.45) is 16.8 Å². The van der Waals surface area contributed by atoms with Crippen LogP contribution in [0.15, 0.2) is 29.4 Å². The van der Waals surface area contributed by atoms with E-state index < -0.39 is 10.9 Å². The Hall–Kier alpha value is -2.44. The molecule has 7 nitrogen and oxygen atoms in total. The third-order valence-corrected chi connectivity index (χ3v) is 2.93. The third-order valence-electron chi connectivity index (χ3n) is 2.93. The van der Waals surface area contributed by atoms with E-state index in [0.29, 0.717) is 18.4 Å². The maximum Gasteiger partial charge on any atom is 0.338 e. The van der Waals surface area contributed by atoms with Crippen molar-refractivity contribution in [3.63, 3.8) is 0 Å². The molecule has 0 fully saturated rings. The molecule has 0 aromatic heterocycles. The first-order valence-electron chi connectivity index (χ1n) is 6.28. The zero-order chi connectivity index (χ0) is 15.1. The van der Waals surface area contributed by atoms with Crippen molar-refractivity contribution >= 4 is 17.5 Å². The predicted octanol–water partition coefficient (Wildman–Crippen LogP) is 2.19. The Labute approximate surface area is 116 Å². The lowest BCUT2D eigenvalue weighted by Gasteiger charge is -2.08. The van der Waals surface area contributed by atoms with Crippen LogP contribution in [0.2, 0.25) is 0 Å². The Balaban J connectivity index is 2.74. The van der Waals surface area contributed by atoms with Crippen LogP contribution in [-0.2, 0) is 9.63 Å². The average Bonchev–Trinajstić information content (AvgIpc) is 2.46. The van der Waals surface area contributed by atoms with E-state index in [0.717, 1.165) is 0 Å². The van der Waals surface area contributed by atoms with Crippen molar-refractivity contribution in [3.05, 3.63) is 39.9 Å². The Bertz CT molecular complexity index is 507. The second-order valence-corrected chi connectivity index (χ2v) is 4.20. The van der Waals surface area contributed by atoms with Crippen molar-refractivity contribution in [2.75, 3.05) is 0 Å². The molecule has 0 aliphatic carbocycles. The summed E-state index contributed by atoms with van der Waals surface area (Å²) in [6, 6.07) is 5.50. The highest BCUT2D eigenvalue weighted by Gasteiger charge is 2.16. The monoisotopic (exact) mass is 279 g/mol. The molecule has 2 N–H and O–H groups in total. The van der Waals surface area contributed by atoms with Gasteiger partial charge in [0.1, 0.15) is 0 Å². The molecule has 108 valence electrons. The number of nitrogens with zero attached hydrogens (tertiary/aromatic N) is 2. The summed E-state index contributed by atoms with van der Waals surface area (Å²) >= 11 is 0. The number of non-ortho nitro benzene ring substituents is 1. The lowest BCUT2D eigenvalue weighted by molar-refractivity contribution is -0.384. The highest BCUT2D eigenvalue weighted by molar-refractivity contribution is 5.97. The van der Waals surface area contributed by atoms with Crippen LogP contribution >= 0.6 is 0 Å². The molecule has 1 aromatic carbocycles. The fraction of sp³-hybridized carbons (Fsp3) is 0.385. The van der Waals surface area contributed by atoms with E-state index in [4.69, 9.17) is 10.6 Å². The number of oxime groups is 1. The summed E-state index contributed by atoms with van der Waals surface area (Å²) in [5, 5.41) is 14.1. The van der Waals surface area contributed by atoms with E-state index in [1.807, 2.05) is 13.8 Å². The van der Waals surface area contributed by atoms with E-state index in [1.165, 1.54) is 24.3 Å². The second kappa shape index (κ2) is 7.22. The van der Waals surface area contributed by atoms with Gasteiger partial charge in [-0.15, -0.1) is 0 Å². The largest absolute Gasteiger partial charge is 0.380 e. The normalized spacial score (nSPS) is 11.4. The van der Waals surface area contributed by atoms with Gasteiger partial charge in [0.15, 0.2) is 5.84 Å². The fourth-order valence-electron chi connectivity index (χ4n) is 1.60. The van der Waals surface area contributed by atoms with Crippen LogP contribution in [0, 0.1) is 16.0 Å². The van der Waals surface area contributed by atoms with Crippen LogP contribution in [-0.4, -0.2) is 16.7 Å². The Morgan fingerprint density at radius 3 is 2.35 bits per heavy atom. The summed E-state index contributed by atoms with van der Waals surface area (Å²) in [6.07, 6.45) is 1.34. The number of nitrogens with two attached hydrogens (primary N) is 1. The van der Waals surface area contributed by atoms with Gasteiger partial charge in [-0.25, -0.2) is 4.79 Å². The Kier molecular flexibility index (Phi) is 5.64. The number of nitro groups is 1. The van der Waals surface area contributed by atoms with Gasteiger partial charge in [-0.05, 0) is 25.0 Å². The molecule has 0 atom stereocenters. The first kappa shape index (κ1) is 15.6. The van der Waals surface area contributed by atoms with Gasteiger partial charge in [0.25, 0.3) is 5.69 Å². The lowest BCUT2D eigenvalue weighted by atomic mass is 10.0. The third kappa shape index (κ3) is 4.04. The summed E-state index contributed by atoms with van der Waals surface area (Å²) in [4.78, 5) is 26.4. The van der Waals surface area contributed by atoms with Crippen LogP contribution in [0.4, 0.5) is 5.69 Å². The smallest absolute Gasteiger partial charge is 0.338 e. The quantitative estimate of drug-likeness (QED) is 0.282. The number of nitro benzene ring substituents is 1. The molecule has 0 aliphatic heterocycles. The molecule has 0 unspecified atom stereocenters. The second-order valence-electron chi connectivity index (χ2n) is 4.20. The van der Waals surface area contributed by atoms with E-state index in [-0.39, 0.29) is 17.4 Å². The highest BCUT2D eigenvalue weighted by atomic mass is 16.7. The van der Waals surface area contributed by atoms with Crippen LogP contribution in [0.25, 0.3) is 0 Å². The minimum atomic E-state index is -0.510. The van der Waals surface area contributed by atoms with Crippen LogP contribution in [0.5, 0.6) is 0 Å². The summed E-state index contributed by atoms with van der Waals surface area (Å²) in [5.74, 6) is -0.637. The molecule has 0 amide bonds. The number of carbonyl (C=O) groups excluding carboxylic acids is 1. The van der Waals surface area contributed by atoms with Crippen molar-refractivity contribution < 1.29 is 14.6 Å². The van der Waals surface area contributed by atoms with Crippen molar-refractivity contribution in [3.8, 4) is 0 Å².